The van der Waals surface area contributed by atoms with E-state index < -0.39 is 0 Å². The molecule has 62 valence electrons. The summed E-state index contributed by atoms with van der Waals surface area (Å²) in [5.41, 5.74) is 3.05. The van der Waals surface area contributed by atoms with Crippen LogP contribution in [0.2, 0.25) is 0 Å². The first-order valence-corrected chi connectivity index (χ1v) is 7.11. The molecule has 0 radical (unpaired) electrons. The third-order valence-electron chi connectivity index (χ3n) is 1.96. The second kappa shape index (κ2) is 4.10. The summed E-state index contributed by atoms with van der Waals surface area (Å²) in [6, 6.07) is 6.68. The molecule has 0 spiro atoms. The van der Waals surface area contributed by atoms with Gasteiger partial charge in [-0.15, -0.1) is 0 Å². The van der Waals surface area contributed by atoms with Crippen molar-refractivity contribution in [3.05, 3.63) is 32.9 Å². The van der Waals surface area contributed by atoms with Gasteiger partial charge in [0.1, 0.15) is 0 Å². The second-order valence-electron chi connectivity index (χ2n) is 2.57. The van der Waals surface area contributed by atoms with Gasteiger partial charge in [0.15, 0.2) is 0 Å². The normalized spacial score (nSPS) is 10.5. The fraction of sp³-hybridized carbons (Fsp3) is 0.400. The first-order valence-electron chi connectivity index (χ1n) is 3.87. The zero-order valence-corrected chi connectivity index (χ0v) is 9.47. The molecular formula is C10H14I-. The van der Waals surface area contributed by atoms with Crippen molar-refractivity contribution in [3.63, 3.8) is 0 Å². The number of benzene rings is 1. The van der Waals surface area contributed by atoms with Gasteiger partial charge in [-0.05, 0) is 0 Å². The molecule has 11 heavy (non-hydrogen) atoms. The van der Waals surface area contributed by atoms with Crippen molar-refractivity contribution >= 4 is 0 Å². The molecule has 0 N–H and O–H groups in total. The van der Waals surface area contributed by atoms with Gasteiger partial charge in [-0.25, -0.2) is 0 Å². The van der Waals surface area contributed by atoms with E-state index in [1.807, 2.05) is 0 Å². The summed E-state index contributed by atoms with van der Waals surface area (Å²) in [7, 11) is 0. The zero-order chi connectivity index (χ0) is 8.27. The van der Waals surface area contributed by atoms with E-state index in [0.29, 0.717) is 0 Å². The molecule has 1 rings (SSSR count). The third-order valence-corrected chi connectivity index (χ3v) is 4.30. The van der Waals surface area contributed by atoms with Gasteiger partial charge in [0.05, 0.1) is 0 Å². The Morgan fingerprint density at radius 1 is 1.36 bits per heavy atom. The topological polar surface area (TPSA) is 0 Å². The Hall–Kier alpha value is -0.0500. The van der Waals surface area contributed by atoms with Crippen LogP contribution in [0.3, 0.4) is 0 Å². The molecule has 0 fully saturated rings. The van der Waals surface area contributed by atoms with Gasteiger partial charge in [0, 0.05) is 0 Å². The number of hydrogen-bond donors (Lipinski definition) is 0. The molecule has 0 amide bonds. The minimum absolute atomic E-state index is 0.265. The van der Waals surface area contributed by atoms with E-state index >= 15 is 0 Å². The number of alkyl halides is 1. The van der Waals surface area contributed by atoms with Crippen LogP contribution in [-0.4, -0.2) is 4.93 Å². The van der Waals surface area contributed by atoms with Gasteiger partial charge in [0.2, 0.25) is 0 Å². The van der Waals surface area contributed by atoms with E-state index in [1.54, 1.807) is 3.57 Å². The molecule has 0 aliphatic rings. The zero-order valence-electron chi connectivity index (χ0n) is 7.32. The second-order valence-corrected chi connectivity index (χ2v) is 4.81. The molecule has 1 heteroatoms. The van der Waals surface area contributed by atoms with E-state index in [2.05, 4.69) is 37.0 Å². The summed E-state index contributed by atoms with van der Waals surface area (Å²) in [5.74, 6) is 0. The maximum atomic E-state index is 2.32. The van der Waals surface area contributed by atoms with Crippen LogP contribution in [-0.2, 0) is 6.42 Å². The Balaban J connectivity index is 3.10. The molecule has 0 heterocycles. The molecule has 0 unspecified atom stereocenters. The van der Waals surface area contributed by atoms with Crippen LogP contribution in [0.1, 0.15) is 18.1 Å². The molecule has 0 saturated heterocycles. The van der Waals surface area contributed by atoms with Gasteiger partial charge in [-0.3, -0.25) is 0 Å². The predicted octanol–water partition coefficient (Wildman–Crippen LogP) is -0.554. The van der Waals surface area contributed by atoms with E-state index in [-0.39, 0.29) is 21.2 Å². The average Bonchev–Trinajstić information content (AvgIpc) is 2.05. The van der Waals surface area contributed by atoms with Crippen molar-refractivity contribution in [1.82, 2.24) is 0 Å². The van der Waals surface area contributed by atoms with Crippen molar-refractivity contribution in [3.8, 4) is 0 Å². The Morgan fingerprint density at radius 3 is 2.64 bits per heavy atom. The van der Waals surface area contributed by atoms with Gasteiger partial charge < -0.3 is 0 Å². The fourth-order valence-electron chi connectivity index (χ4n) is 1.24. The van der Waals surface area contributed by atoms with Crippen LogP contribution in [0.25, 0.3) is 0 Å². The van der Waals surface area contributed by atoms with Crippen molar-refractivity contribution in [2.45, 2.75) is 20.3 Å². The summed E-state index contributed by atoms with van der Waals surface area (Å²) in [6.07, 6.45) is 1.17. The standard InChI is InChI=1S/C10H14I/c1-4-9-6-5-7-10(11-3)8(9)2/h5-7H,4H2,1-3H3/q-1. The predicted molar refractivity (Wildman–Crippen MR) is 45.2 cm³/mol. The molecular weight excluding hydrogens is 247 g/mol. The molecule has 0 aromatic heterocycles. The summed E-state index contributed by atoms with van der Waals surface area (Å²) >= 11 is 0.265. The van der Waals surface area contributed by atoms with Crippen LogP contribution in [0.4, 0.5) is 0 Å². The molecule has 1 aromatic rings. The van der Waals surface area contributed by atoms with E-state index in [9.17, 15) is 0 Å². The summed E-state index contributed by atoms with van der Waals surface area (Å²) < 4.78 is 1.60. The van der Waals surface area contributed by atoms with E-state index in [0.717, 1.165) is 0 Å². The average molecular weight is 261 g/mol. The van der Waals surface area contributed by atoms with Crippen molar-refractivity contribution in [2.24, 2.45) is 0 Å². The Bertz CT molecular complexity index is 218. The fourth-order valence-corrected chi connectivity index (χ4v) is 2.96. The summed E-state index contributed by atoms with van der Waals surface area (Å²) in [5, 5.41) is 0. The number of hydrogen-bond acceptors (Lipinski definition) is 0. The summed E-state index contributed by atoms with van der Waals surface area (Å²) in [4.78, 5) is 2.32. The quantitative estimate of drug-likeness (QED) is 0.495. The molecule has 0 saturated carbocycles. The molecule has 0 atom stereocenters. The first kappa shape index (κ1) is 9.04. The van der Waals surface area contributed by atoms with E-state index in [1.165, 1.54) is 17.5 Å². The SMILES string of the molecule is CCc1cccc([I-]C)c1C. The van der Waals surface area contributed by atoms with Crippen LogP contribution < -0.4 is 21.2 Å². The van der Waals surface area contributed by atoms with Crippen molar-refractivity contribution in [1.29, 1.82) is 0 Å². The van der Waals surface area contributed by atoms with Crippen molar-refractivity contribution < 1.29 is 21.2 Å². The van der Waals surface area contributed by atoms with Crippen molar-refractivity contribution in [2.75, 3.05) is 4.93 Å². The summed E-state index contributed by atoms with van der Waals surface area (Å²) in [6.45, 7) is 4.47. The minimum atomic E-state index is 0.265. The molecule has 1 aromatic carbocycles. The van der Waals surface area contributed by atoms with Crippen LogP contribution in [0, 0.1) is 10.5 Å². The van der Waals surface area contributed by atoms with Gasteiger partial charge in [-0.1, -0.05) is 0 Å². The Kier molecular flexibility index (Phi) is 3.37. The Labute approximate surface area is 79.3 Å². The third kappa shape index (κ3) is 1.95. The maximum absolute atomic E-state index is 2.32. The number of halogens is 1. The first-order chi connectivity index (χ1) is 5.29. The molecule has 0 aliphatic carbocycles. The number of rotatable bonds is 2. The van der Waals surface area contributed by atoms with E-state index in [4.69, 9.17) is 0 Å². The van der Waals surface area contributed by atoms with Gasteiger partial charge >= 0.3 is 79.3 Å². The number of aryl methyl sites for hydroxylation is 1. The molecule has 0 bridgehead atoms. The van der Waals surface area contributed by atoms with Crippen LogP contribution in [0.15, 0.2) is 18.2 Å². The van der Waals surface area contributed by atoms with Gasteiger partial charge in [-0.2, -0.15) is 0 Å². The molecule has 0 aliphatic heterocycles. The monoisotopic (exact) mass is 261 g/mol. The van der Waals surface area contributed by atoms with Crippen LogP contribution in [0.5, 0.6) is 0 Å². The van der Waals surface area contributed by atoms with Crippen LogP contribution >= 0.6 is 0 Å². The van der Waals surface area contributed by atoms with Gasteiger partial charge in [0.25, 0.3) is 0 Å². The Morgan fingerprint density at radius 2 is 2.09 bits per heavy atom. The molecule has 0 nitrogen and oxygen atoms in total.